The number of hydrogen-bond donors (Lipinski definition) is 1. The Morgan fingerprint density at radius 2 is 1.48 bits per heavy atom. The van der Waals surface area contributed by atoms with Gasteiger partial charge in [0.05, 0.1) is 12.7 Å². The number of allylic oxidation sites excluding steroid dienone is 2. The van der Waals surface area contributed by atoms with Gasteiger partial charge in [-0.15, -0.1) is 0 Å². The summed E-state index contributed by atoms with van der Waals surface area (Å²) in [7, 11) is 0. The maximum absolute atomic E-state index is 5.98. The topological polar surface area (TPSA) is 41.6 Å². The maximum atomic E-state index is 5.98. The normalized spacial score (nSPS) is 16.0. The van der Waals surface area contributed by atoms with E-state index in [0.717, 1.165) is 19.5 Å². The molecule has 1 aliphatic rings. The zero-order chi connectivity index (χ0) is 18.2. The van der Waals surface area contributed by atoms with Gasteiger partial charge in [-0.05, 0) is 39.0 Å². The molecule has 1 rings (SSSR count). The fourth-order valence-corrected chi connectivity index (χ4v) is 3.52. The largest absolute Gasteiger partial charge is 0.343 e. The zero-order valence-electron chi connectivity index (χ0n) is 17.0. The molecule has 0 aromatic heterocycles. The van der Waals surface area contributed by atoms with Crippen molar-refractivity contribution in [2.75, 3.05) is 13.1 Å². The lowest BCUT2D eigenvalue weighted by Crippen LogP contribution is -2.41. The van der Waals surface area contributed by atoms with Crippen molar-refractivity contribution in [3.63, 3.8) is 0 Å². The maximum Gasteiger partial charge on any atom is 0.100 e. The van der Waals surface area contributed by atoms with Gasteiger partial charge in [-0.2, -0.15) is 0 Å². The Morgan fingerprint density at radius 1 is 0.920 bits per heavy atom. The van der Waals surface area contributed by atoms with E-state index in [1.165, 1.54) is 89.3 Å². The highest BCUT2D eigenvalue weighted by atomic mass is 15.3. The van der Waals surface area contributed by atoms with Crippen molar-refractivity contribution in [2.24, 2.45) is 10.7 Å². The Morgan fingerprint density at radius 3 is 2.08 bits per heavy atom. The Kier molecular flexibility index (Phi) is 13.7. The molecule has 1 aliphatic heterocycles. The van der Waals surface area contributed by atoms with Crippen molar-refractivity contribution in [3.05, 3.63) is 12.2 Å². The molecule has 0 fully saturated rings. The molecular weight excluding hydrogens is 306 g/mol. The molecule has 0 saturated carbocycles. The minimum atomic E-state index is 0.117. The lowest BCUT2D eigenvalue weighted by molar-refractivity contribution is 0.358. The summed E-state index contributed by atoms with van der Waals surface area (Å²) in [5, 5.41) is 0. The lowest BCUT2D eigenvalue weighted by atomic mass is 10.1. The Balaban J connectivity index is 1.82. The summed E-state index contributed by atoms with van der Waals surface area (Å²) < 4.78 is 0. The van der Waals surface area contributed by atoms with E-state index < -0.39 is 0 Å². The summed E-state index contributed by atoms with van der Waals surface area (Å²) in [6.45, 7) is 6.28. The van der Waals surface area contributed by atoms with E-state index in [9.17, 15) is 0 Å². The first kappa shape index (κ1) is 22.2. The van der Waals surface area contributed by atoms with Gasteiger partial charge in [0, 0.05) is 13.0 Å². The van der Waals surface area contributed by atoms with Gasteiger partial charge in [-0.3, -0.25) is 4.99 Å². The Bertz CT molecular complexity index is 360. The number of nitrogens with zero attached hydrogens (tertiary/aromatic N) is 2. The predicted molar refractivity (Wildman–Crippen MR) is 112 cm³/mol. The van der Waals surface area contributed by atoms with Crippen LogP contribution in [0, 0.1) is 0 Å². The molecule has 1 unspecified atom stereocenters. The van der Waals surface area contributed by atoms with Gasteiger partial charge in [0.15, 0.2) is 0 Å². The highest BCUT2D eigenvalue weighted by molar-refractivity contribution is 5.83. The summed E-state index contributed by atoms with van der Waals surface area (Å²) >= 11 is 0. The summed E-state index contributed by atoms with van der Waals surface area (Å²) in [6, 6.07) is 0. The van der Waals surface area contributed by atoms with Crippen LogP contribution in [0.1, 0.15) is 104 Å². The first-order chi connectivity index (χ1) is 12.3. The molecule has 3 nitrogen and oxygen atoms in total. The molecule has 0 aliphatic carbocycles. The van der Waals surface area contributed by atoms with E-state index >= 15 is 0 Å². The summed E-state index contributed by atoms with van der Waals surface area (Å²) in [5.41, 5.74) is 5.98. The highest BCUT2D eigenvalue weighted by Crippen LogP contribution is 2.14. The average molecular weight is 350 g/mol. The molecule has 0 aromatic rings. The molecule has 146 valence electrons. The number of aliphatic imine (C=N–C) groups is 1. The zero-order valence-corrected chi connectivity index (χ0v) is 17.0. The van der Waals surface area contributed by atoms with Crippen LogP contribution in [0.5, 0.6) is 0 Å². The van der Waals surface area contributed by atoms with Crippen LogP contribution in [0.4, 0.5) is 0 Å². The van der Waals surface area contributed by atoms with Crippen molar-refractivity contribution < 1.29 is 0 Å². The molecule has 25 heavy (non-hydrogen) atoms. The summed E-state index contributed by atoms with van der Waals surface area (Å²) in [5.74, 6) is 1.25. The summed E-state index contributed by atoms with van der Waals surface area (Å²) in [4.78, 5) is 6.86. The van der Waals surface area contributed by atoms with Crippen molar-refractivity contribution in [1.82, 2.24) is 4.90 Å². The molecule has 3 heteroatoms. The lowest BCUT2D eigenvalue weighted by Gasteiger charge is -2.24. The quantitative estimate of drug-likeness (QED) is 0.272. The number of hydrogen-bond acceptors (Lipinski definition) is 3. The first-order valence-corrected chi connectivity index (χ1v) is 11.0. The van der Waals surface area contributed by atoms with E-state index in [-0.39, 0.29) is 6.17 Å². The van der Waals surface area contributed by atoms with Crippen LogP contribution < -0.4 is 5.73 Å². The number of nitrogens with two attached hydrogens (primary N) is 1. The van der Waals surface area contributed by atoms with Crippen LogP contribution in [0.2, 0.25) is 0 Å². The SMILES string of the molecule is CCCCCC/C=C/CCCCCCCCCC1=NCCN1C(C)N. The predicted octanol–water partition coefficient (Wildman–Crippen LogP) is 6.04. The monoisotopic (exact) mass is 349 g/mol. The van der Waals surface area contributed by atoms with Crippen LogP contribution in [0.15, 0.2) is 17.1 Å². The third-order valence-electron chi connectivity index (χ3n) is 5.12. The van der Waals surface area contributed by atoms with Crippen molar-refractivity contribution in [3.8, 4) is 0 Å². The third kappa shape index (κ3) is 11.4. The van der Waals surface area contributed by atoms with Crippen LogP contribution in [-0.4, -0.2) is 30.0 Å². The molecular formula is C22H43N3. The number of rotatable bonds is 16. The molecule has 0 saturated heterocycles. The van der Waals surface area contributed by atoms with E-state index in [2.05, 4.69) is 35.9 Å². The molecule has 2 N–H and O–H groups in total. The Labute approximate surface area is 157 Å². The van der Waals surface area contributed by atoms with E-state index in [4.69, 9.17) is 5.73 Å². The second-order valence-electron chi connectivity index (χ2n) is 7.57. The molecule has 1 atom stereocenters. The van der Waals surface area contributed by atoms with Gasteiger partial charge in [-0.1, -0.05) is 70.4 Å². The fraction of sp³-hybridized carbons (Fsp3) is 0.864. The van der Waals surface area contributed by atoms with Gasteiger partial charge in [0.25, 0.3) is 0 Å². The fourth-order valence-electron chi connectivity index (χ4n) is 3.52. The van der Waals surface area contributed by atoms with E-state index in [0.29, 0.717) is 0 Å². The number of amidine groups is 1. The van der Waals surface area contributed by atoms with Crippen LogP contribution >= 0.6 is 0 Å². The van der Waals surface area contributed by atoms with Gasteiger partial charge >= 0.3 is 0 Å². The highest BCUT2D eigenvalue weighted by Gasteiger charge is 2.18. The average Bonchev–Trinajstić information content (AvgIpc) is 3.07. The van der Waals surface area contributed by atoms with Gasteiger partial charge < -0.3 is 10.6 Å². The summed E-state index contributed by atoms with van der Waals surface area (Å²) in [6.07, 6.45) is 23.6. The smallest absolute Gasteiger partial charge is 0.100 e. The molecule has 0 radical (unpaired) electrons. The van der Waals surface area contributed by atoms with Gasteiger partial charge in [-0.25, -0.2) is 0 Å². The molecule has 1 heterocycles. The van der Waals surface area contributed by atoms with Crippen molar-refractivity contribution in [2.45, 2.75) is 110 Å². The molecule has 0 bridgehead atoms. The van der Waals surface area contributed by atoms with Crippen molar-refractivity contribution in [1.29, 1.82) is 0 Å². The van der Waals surface area contributed by atoms with E-state index in [1.54, 1.807) is 0 Å². The second-order valence-corrected chi connectivity index (χ2v) is 7.57. The van der Waals surface area contributed by atoms with Crippen molar-refractivity contribution >= 4 is 5.84 Å². The standard InChI is InChI=1S/C22H43N3/c1-3-4-5-6-7-8-9-10-11-12-13-14-15-16-17-18-22-24-19-20-25(22)21(2)23/h8-9,21H,3-7,10-20,23H2,1-2H3/b9-8+. The minimum absolute atomic E-state index is 0.117. The molecule has 0 aromatic carbocycles. The molecule has 0 spiro atoms. The molecule has 0 amide bonds. The van der Waals surface area contributed by atoms with Crippen LogP contribution in [-0.2, 0) is 0 Å². The Hall–Kier alpha value is -0.830. The van der Waals surface area contributed by atoms with Crippen LogP contribution in [0.3, 0.4) is 0 Å². The first-order valence-electron chi connectivity index (χ1n) is 11.0. The number of unbranched alkanes of at least 4 members (excludes halogenated alkanes) is 11. The van der Waals surface area contributed by atoms with Gasteiger partial charge in [0.2, 0.25) is 0 Å². The van der Waals surface area contributed by atoms with Gasteiger partial charge in [0.1, 0.15) is 5.84 Å². The van der Waals surface area contributed by atoms with E-state index in [1.807, 2.05) is 0 Å². The third-order valence-corrected chi connectivity index (χ3v) is 5.12. The minimum Gasteiger partial charge on any atom is -0.343 e. The second kappa shape index (κ2) is 15.4. The van der Waals surface area contributed by atoms with Crippen LogP contribution in [0.25, 0.3) is 0 Å².